The molecule has 0 aliphatic heterocycles. The molecule has 0 fully saturated rings. The molecule has 1 aromatic heterocycles. The van der Waals surface area contributed by atoms with Gasteiger partial charge in [-0.15, -0.1) is 23.1 Å². The largest absolute Gasteiger partial charge is 0.482 e. The summed E-state index contributed by atoms with van der Waals surface area (Å²) in [5.74, 6) is -3.72. The first-order valence-corrected chi connectivity index (χ1v) is 16.1. The van der Waals surface area contributed by atoms with Crippen molar-refractivity contribution in [1.82, 2.24) is 4.98 Å². The predicted octanol–water partition coefficient (Wildman–Crippen LogP) is 9.84. The van der Waals surface area contributed by atoms with Crippen LogP contribution in [-0.2, 0) is 16.0 Å². The zero-order valence-corrected chi connectivity index (χ0v) is 27.0. The van der Waals surface area contributed by atoms with E-state index in [0.29, 0.717) is 24.3 Å². The lowest BCUT2D eigenvalue weighted by molar-refractivity contribution is -0.145. The number of thioether (sulfide) groups is 1. The van der Waals surface area contributed by atoms with Crippen molar-refractivity contribution in [3.63, 3.8) is 0 Å². The quantitative estimate of drug-likeness (QED) is 0.0812. The van der Waals surface area contributed by atoms with Crippen LogP contribution in [0.15, 0.2) is 83.8 Å². The lowest BCUT2D eigenvalue weighted by atomic mass is 10.0. The molecule has 5 aromatic rings. The van der Waals surface area contributed by atoms with Gasteiger partial charge in [-0.1, -0.05) is 54.1 Å². The van der Waals surface area contributed by atoms with E-state index in [9.17, 15) is 18.0 Å². The third-order valence-corrected chi connectivity index (χ3v) is 9.87. The Morgan fingerprint density at radius 3 is 2.18 bits per heavy atom. The average molecular weight is 648 g/mol. The number of ether oxygens (including phenoxy) is 2. The van der Waals surface area contributed by atoms with Gasteiger partial charge in [0.05, 0.1) is 12.3 Å². The van der Waals surface area contributed by atoms with Crippen molar-refractivity contribution in [2.45, 2.75) is 44.3 Å². The Morgan fingerprint density at radius 2 is 1.53 bits per heavy atom. The molecule has 232 valence electrons. The molecule has 0 saturated carbocycles. The molecule has 0 radical (unpaired) electrons. The fourth-order valence-corrected chi connectivity index (χ4v) is 7.46. The van der Waals surface area contributed by atoms with Crippen molar-refractivity contribution in [1.29, 1.82) is 0 Å². The van der Waals surface area contributed by atoms with Crippen LogP contribution in [0.4, 0.5) is 13.2 Å². The highest BCUT2D eigenvalue weighted by atomic mass is 32.2. The van der Waals surface area contributed by atoms with E-state index in [1.54, 1.807) is 42.2 Å². The molecule has 0 aliphatic carbocycles. The van der Waals surface area contributed by atoms with Crippen LogP contribution in [0.5, 0.6) is 5.75 Å². The third kappa shape index (κ3) is 7.96. The minimum absolute atomic E-state index is 0.000964. The lowest BCUT2D eigenvalue weighted by Crippen LogP contribution is -2.14. The van der Waals surface area contributed by atoms with Gasteiger partial charge in [-0.05, 0) is 86.7 Å². The molecule has 0 N–H and O–H groups in total. The zero-order chi connectivity index (χ0) is 32.1. The van der Waals surface area contributed by atoms with E-state index in [2.05, 4.69) is 31.2 Å². The van der Waals surface area contributed by atoms with Crippen LogP contribution >= 0.6 is 23.1 Å². The number of aromatic nitrogens is 1. The Bertz CT molecular complexity index is 1780. The SMILES string of the molecule is CCOC(=O)COc1ccc(SC(Cc2ccc(-c3cc(F)c(F)c(F)c3)cc2)c2sc(-c3ccc(C)cc3)nc2C)cc1C. The van der Waals surface area contributed by atoms with Crippen LogP contribution in [0.3, 0.4) is 0 Å². The highest BCUT2D eigenvalue weighted by Gasteiger charge is 2.22. The van der Waals surface area contributed by atoms with Gasteiger partial charge in [0.1, 0.15) is 10.8 Å². The van der Waals surface area contributed by atoms with Gasteiger partial charge in [-0.3, -0.25) is 0 Å². The molecule has 1 atom stereocenters. The van der Waals surface area contributed by atoms with Crippen LogP contribution in [0.2, 0.25) is 0 Å². The van der Waals surface area contributed by atoms with E-state index in [1.807, 2.05) is 44.2 Å². The number of carbonyl (C=O) groups is 1. The summed E-state index contributed by atoms with van der Waals surface area (Å²) in [6, 6.07) is 23.6. The fourth-order valence-electron chi connectivity index (χ4n) is 4.84. The minimum Gasteiger partial charge on any atom is -0.482 e. The summed E-state index contributed by atoms with van der Waals surface area (Å²) >= 11 is 3.37. The zero-order valence-electron chi connectivity index (χ0n) is 25.3. The molecule has 1 unspecified atom stereocenters. The molecule has 1 heterocycles. The summed E-state index contributed by atoms with van der Waals surface area (Å²) in [6.07, 6.45) is 0.660. The standard InChI is InChI=1S/C36H32F3NO3S2/c1-5-42-33(41)20-43-31-15-14-28(16-22(31)3)44-32(35-23(4)40-36(45-35)26-10-6-21(2)7-11-26)17-24-8-12-25(13-9-24)27-18-29(37)34(39)30(38)19-27/h6-16,18-19,32H,5,17,20H2,1-4H3. The topological polar surface area (TPSA) is 48.4 Å². The summed E-state index contributed by atoms with van der Waals surface area (Å²) in [7, 11) is 0. The number of aryl methyl sites for hydroxylation is 3. The number of rotatable bonds is 11. The summed E-state index contributed by atoms with van der Waals surface area (Å²) in [6.45, 7) is 7.91. The minimum atomic E-state index is -1.48. The maximum absolute atomic E-state index is 13.9. The number of nitrogens with zero attached hydrogens (tertiary/aromatic N) is 1. The second kappa shape index (κ2) is 14.3. The van der Waals surface area contributed by atoms with Gasteiger partial charge in [0, 0.05) is 20.6 Å². The van der Waals surface area contributed by atoms with E-state index < -0.39 is 23.4 Å². The van der Waals surface area contributed by atoms with Crippen molar-refractivity contribution >= 4 is 29.1 Å². The number of benzene rings is 4. The first-order valence-electron chi connectivity index (χ1n) is 14.4. The van der Waals surface area contributed by atoms with Gasteiger partial charge in [-0.2, -0.15) is 0 Å². The average Bonchev–Trinajstić information content (AvgIpc) is 3.41. The lowest BCUT2D eigenvalue weighted by Gasteiger charge is -2.18. The molecule has 9 heteroatoms. The number of esters is 1. The second-order valence-corrected chi connectivity index (χ2v) is 12.9. The summed E-state index contributed by atoms with van der Waals surface area (Å²) in [4.78, 5) is 18.9. The Morgan fingerprint density at radius 1 is 0.867 bits per heavy atom. The first-order chi connectivity index (χ1) is 21.6. The van der Waals surface area contributed by atoms with Crippen molar-refractivity contribution in [2.24, 2.45) is 0 Å². The molecule has 0 amide bonds. The van der Waals surface area contributed by atoms with Crippen molar-refractivity contribution in [3.05, 3.63) is 124 Å². The predicted molar refractivity (Wildman–Crippen MR) is 174 cm³/mol. The molecule has 4 aromatic carbocycles. The van der Waals surface area contributed by atoms with Crippen LogP contribution < -0.4 is 4.74 Å². The number of thiazole rings is 1. The summed E-state index contributed by atoms with van der Waals surface area (Å²) in [5.41, 5.74) is 5.97. The molecule has 0 spiro atoms. The van der Waals surface area contributed by atoms with Gasteiger partial charge < -0.3 is 9.47 Å². The monoisotopic (exact) mass is 647 g/mol. The van der Waals surface area contributed by atoms with Crippen LogP contribution in [0.25, 0.3) is 21.7 Å². The summed E-state index contributed by atoms with van der Waals surface area (Å²) in [5, 5.41) is 0.946. The molecule has 45 heavy (non-hydrogen) atoms. The van der Waals surface area contributed by atoms with E-state index in [-0.39, 0.29) is 17.4 Å². The third-order valence-electron chi connectivity index (χ3n) is 7.19. The normalized spacial score (nSPS) is 11.8. The van der Waals surface area contributed by atoms with Crippen molar-refractivity contribution < 1.29 is 27.4 Å². The molecule has 0 bridgehead atoms. The van der Waals surface area contributed by atoms with E-state index in [1.165, 1.54) is 5.56 Å². The van der Waals surface area contributed by atoms with Gasteiger partial charge >= 0.3 is 5.97 Å². The highest BCUT2D eigenvalue weighted by Crippen LogP contribution is 2.44. The van der Waals surface area contributed by atoms with Crippen molar-refractivity contribution in [2.75, 3.05) is 13.2 Å². The Kier molecular flexibility index (Phi) is 10.3. The number of halogens is 3. The van der Waals surface area contributed by atoms with Crippen LogP contribution in [-0.4, -0.2) is 24.2 Å². The van der Waals surface area contributed by atoms with E-state index >= 15 is 0 Å². The Balaban J connectivity index is 1.43. The van der Waals surface area contributed by atoms with Gasteiger partial charge in [-0.25, -0.2) is 22.9 Å². The molecule has 0 aliphatic rings. The van der Waals surface area contributed by atoms with Crippen molar-refractivity contribution in [3.8, 4) is 27.4 Å². The smallest absolute Gasteiger partial charge is 0.344 e. The molecular weight excluding hydrogens is 616 g/mol. The summed E-state index contributed by atoms with van der Waals surface area (Å²) < 4.78 is 51.9. The molecule has 0 saturated heterocycles. The maximum atomic E-state index is 13.9. The molecule has 5 rings (SSSR count). The second-order valence-electron chi connectivity index (χ2n) is 10.6. The Hall–Kier alpha value is -4.08. The number of carbonyl (C=O) groups excluding carboxylic acids is 1. The van der Waals surface area contributed by atoms with Gasteiger partial charge in [0.2, 0.25) is 0 Å². The van der Waals surface area contributed by atoms with Crippen LogP contribution in [0, 0.1) is 38.2 Å². The van der Waals surface area contributed by atoms with Crippen LogP contribution in [0.1, 0.15) is 39.4 Å². The van der Waals surface area contributed by atoms with Gasteiger partial charge in [0.15, 0.2) is 24.1 Å². The number of hydrogen-bond donors (Lipinski definition) is 0. The van der Waals surface area contributed by atoms with E-state index in [0.717, 1.165) is 49.3 Å². The maximum Gasteiger partial charge on any atom is 0.344 e. The highest BCUT2D eigenvalue weighted by molar-refractivity contribution is 7.99. The molecule has 4 nitrogen and oxygen atoms in total. The molecular formula is C36H32F3NO3S2. The number of hydrogen-bond acceptors (Lipinski definition) is 6. The van der Waals surface area contributed by atoms with Gasteiger partial charge in [0.25, 0.3) is 0 Å². The Labute approximate surface area is 269 Å². The van der Waals surface area contributed by atoms with E-state index in [4.69, 9.17) is 14.5 Å². The fraction of sp³-hybridized carbons (Fsp3) is 0.222. The first kappa shape index (κ1) is 32.3.